The zero-order valence-electron chi connectivity index (χ0n) is 17.6. The van der Waals surface area contributed by atoms with Crippen LogP contribution in [0.4, 0.5) is 5.13 Å². The fraction of sp³-hybridized carbons (Fsp3) is 0.261. The van der Waals surface area contributed by atoms with Gasteiger partial charge in [0.2, 0.25) is 5.78 Å². The van der Waals surface area contributed by atoms with Crippen LogP contribution in [0.15, 0.2) is 42.3 Å². The number of carbonyl (C=O) groups excluding carboxylic acids is 2. The van der Waals surface area contributed by atoms with E-state index in [2.05, 4.69) is 42.9 Å². The van der Waals surface area contributed by atoms with Crippen LogP contribution >= 0.6 is 11.3 Å². The van der Waals surface area contributed by atoms with E-state index in [-0.39, 0.29) is 18.1 Å². The number of nitrogens with one attached hydrogen (secondary N) is 1. The fourth-order valence-electron chi connectivity index (χ4n) is 3.20. The topological polar surface area (TPSA) is 73.2 Å². The Bertz CT molecular complexity index is 1110. The van der Waals surface area contributed by atoms with Crippen molar-refractivity contribution in [3.05, 3.63) is 76.1 Å². The molecule has 3 rings (SSSR count). The molecule has 3 aromatic rings. The van der Waals surface area contributed by atoms with E-state index in [1.54, 1.807) is 11.5 Å². The first kappa shape index (κ1) is 21.5. The Morgan fingerprint density at radius 1 is 1.20 bits per heavy atom. The molecular weight excluding hydrogens is 398 g/mol. The number of anilines is 1. The lowest BCUT2D eigenvalue weighted by molar-refractivity contribution is 0.0469. The Morgan fingerprint density at radius 2 is 1.97 bits per heavy atom. The number of hydrogen-bond acceptors (Lipinski definition) is 6. The quantitative estimate of drug-likeness (QED) is 0.320. The highest BCUT2D eigenvalue weighted by molar-refractivity contribution is 7.13. The molecule has 6 nitrogen and oxygen atoms in total. The van der Waals surface area contributed by atoms with Gasteiger partial charge in [-0.3, -0.25) is 4.79 Å². The van der Waals surface area contributed by atoms with Crippen molar-refractivity contribution in [3.8, 4) is 5.69 Å². The summed E-state index contributed by atoms with van der Waals surface area (Å²) in [4.78, 5) is 29.1. The van der Waals surface area contributed by atoms with Crippen LogP contribution < -0.4 is 5.32 Å². The van der Waals surface area contributed by atoms with E-state index in [0.717, 1.165) is 17.1 Å². The Morgan fingerprint density at radius 3 is 2.67 bits per heavy atom. The maximum Gasteiger partial charge on any atom is 0.358 e. The largest absolute Gasteiger partial charge is 0.453 e. The molecular formula is C23H25N3O3S. The molecule has 30 heavy (non-hydrogen) atoms. The van der Waals surface area contributed by atoms with Crippen LogP contribution in [0.25, 0.3) is 5.69 Å². The van der Waals surface area contributed by atoms with Gasteiger partial charge in [-0.05, 0) is 57.0 Å². The monoisotopic (exact) mass is 423 g/mol. The number of benzene rings is 1. The lowest BCUT2D eigenvalue weighted by Crippen LogP contribution is -2.15. The zero-order chi connectivity index (χ0) is 21.8. The van der Waals surface area contributed by atoms with Gasteiger partial charge >= 0.3 is 5.97 Å². The highest BCUT2D eigenvalue weighted by atomic mass is 32.1. The Kier molecular flexibility index (Phi) is 6.52. The second-order valence-corrected chi connectivity index (χ2v) is 7.95. The molecule has 2 heterocycles. The normalized spacial score (nSPS) is 10.7. The molecule has 0 aliphatic carbocycles. The molecule has 2 aromatic heterocycles. The third kappa shape index (κ3) is 4.52. The van der Waals surface area contributed by atoms with E-state index >= 15 is 0 Å². The van der Waals surface area contributed by atoms with Crippen LogP contribution in [0, 0.1) is 27.7 Å². The maximum atomic E-state index is 12.7. The van der Waals surface area contributed by atoms with Crippen molar-refractivity contribution in [1.29, 1.82) is 0 Å². The molecule has 0 spiro atoms. The van der Waals surface area contributed by atoms with Crippen molar-refractivity contribution in [3.63, 3.8) is 0 Å². The van der Waals surface area contributed by atoms with E-state index in [4.69, 9.17) is 4.74 Å². The predicted octanol–water partition coefficient (Wildman–Crippen LogP) is 4.81. The van der Waals surface area contributed by atoms with Crippen LogP contribution in [0.3, 0.4) is 0 Å². The van der Waals surface area contributed by atoms with Crippen LogP contribution in [0.5, 0.6) is 0 Å². The van der Waals surface area contributed by atoms with Gasteiger partial charge in [-0.2, -0.15) is 0 Å². The minimum atomic E-state index is -0.616. The summed E-state index contributed by atoms with van der Waals surface area (Å²) in [7, 11) is 0. The fourth-order valence-corrected chi connectivity index (χ4v) is 3.89. The van der Waals surface area contributed by atoms with Crippen molar-refractivity contribution in [2.45, 2.75) is 27.7 Å². The number of ether oxygens (including phenoxy) is 1. The van der Waals surface area contributed by atoms with Crippen molar-refractivity contribution in [2.24, 2.45) is 0 Å². The lowest BCUT2D eigenvalue weighted by atomic mass is 10.1. The van der Waals surface area contributed by atoms with Gasteiger partial charge < -0.3 is 14.6 Å². The van der Waals surface area contributed by atoms with Crippen molar-refractivity contribution in [2.75, 3.05) is 18.5 Å². The number of Topliss-reactive ketones (excluding diaryl/α,β-unsaturated/α-hetero) is 1. The van der Waals surface area contributed by atoms with Gasteiger partial charge in [0.1, 0.15) is 0 Å². The second kappa shape index (κ2) is 9.09. The van der Waals surface area contributed by atoms with E-state index in [1.807, 2.05) is 30.5 Å². The van der Waals surface area contributed by atoms with Gasteiger partial charge in [-0.1, -0.05) is 12.1 Å². The van der Waals surface area contributed by atoms with Crippen molar-refractivity contribution < 1.29 is 14.3 Å². The number of esters is 1. The van der Waals surface area contributed by atoms with Gasteiger partial charge in [0.15, 0.2) is 17.4 Å². The van der Waals surface area contributed by atoms with Crippen LogP contribution in [-0.4, -0.2) is 34.5 Å². The van der Waals surface area contributed by atoms with Crippen molar-refractivity contribution >= 4 is 28.2 Å². The minimum Gasteiger partial charge on any atom is -0.453 e. The molecule has 0 unspecified atom stereocenters. The van der Waals surface area contributed by atoms with Gasteiger partial charge in [-0.15, -0.1) is 17.9 Å². The van der Waals surface area contributed by atoms with E-state index in [1.165, 1.54) is 22.5 Å². The molecule has 0 amide bonds. The number of ketones is 1. The van der Waals surface area contributed by atoms with E-state index in [9.17, 15) is 9.59 Å². The smallest absolute Gasteiger partial charge is 0.358 e. The van der Waals surface area contributed by atoms with Crippen LogP contribution in [0.2, 0.25) is 0 Å². The summed E-state index contributed by atoms with van der Waals surface area (Å²) in [5.41, 5.74) is 5.90. The average Bonchev–Trinajstić information content (AvgIpc) is 3.31. The molecule has 0 radical (unpaired) electrons. The molecule has 1 N–H and O–H groups in total. The van der Waals surface area contributed by atoms with E-state index < -0.39 is 5.97 Å². The first-order valence-corrected chi connectivity index (χ1v) is 10.5. The highest BCUT2D eigenvalue weighted by Crippen LogP contribution is 2.23. The predicted molar refractivity (Wildman–Crippen MR) is 120 cm³/mol. The molecule has 156 valence electrons. The SMILES string of the molecule is C=CCNc1nc(C(=O)OCC(=O)c2cc(C)n(-c3ccc(C)c(C)c3)c2C)cs1. The Balaban J connectivity index is 1.71. The molecule has 1 aromatic carbocycles. The molecule has 0 aliphatic heterocycles. The summed E-state index contributed by atoms with van der Waals surface area (Å²) in [6.07, 6.45) is 1.70. The number of aryl methyl sites for hydroxylation is 3. The molecule has 0 aliphatic rings. The number of aromatic nitrogens is 2. The second-order valence-electron chi connectivity index (χ2n) is 7.10. The number of carbonyl (C=O) groups is 2. The summed E-state index contributed by atoms with van der Waals surface area (Å²) in [6, 6.07) is 8.04. The van der Waals surface area contributed by atoms with Gasteiger partial charge in [0, 0.05) is 34.6 Å². The molecule has 7 heteroatoms. The third-order valence-corrected chi connectivity index (χ3v) is 5.73. The standard InChI is InChI=1S/C23H25N3O3S/c1-6-9-24-23-25-20(13-30-23)22(28)29-12-21(27)19-11-16(4)26(17(19)5)18-8-7-14(2)15(3)10-18/h6-8,10-11,13H,1,9,12H2,2-5H3,(H,24,25). The van der Waals surface area contributed by atoms with Gasteiger partial charge in [0.25, 0.3) is 0 Å². The summed E-state index contributed by atoms with van der Waals surface area (Å²) in [5.74, 6) is -0.860. The maximum absolute atomic E-state index is 12.7. The number of hydrogen-bond donors (Lipinski definition) is 1. The molecule has 0 atom stereocenters. The van der Waals surface area contributed by atoms with Gasteiger partial charge in [0.05, 0.1) is 0 Å². The minimum absolute atomic E-state index is 0.181. The Hall–Kier alpha value is -3.19. The van der Waals surface area contributed by atoms with Crippen molar-refractivity contribution in [1.82, 2.24) is 9.55 Å². The summed E-state index contributed by atoms with van der Waals surface area (Å²) in [6.45, 7) is 11.8. The number of thiazole rings is 1. The Labute approximate surface area is 180 Å². The zero-order valence-corrected chi connectivity index (χ0v) is 18.4. The molecule has 0 bridgehead atoms. The number of rotatable bonds is 8. The summed E-state index contributed by atoms with van der Waals surface area (Å²) < 4.78 is 7.25. The molecule has 0 saturated carbocycles. The highest BCUT2D eigenvalue weighted by Gasteiger charge is 2.20. The van der Waals surface area contributed by atoms with Crippen LogP contribution in [-0.2, 0) is 4.74 Å². The first-order valence-electron chi connectivity index (χ1n) is 9.59. The van der Waals surface area contributed by atoms with Crippen LogP contribution in [0.1, 0.15) is 43.4 Å². The third-order valence-electron chi connectivity index (χ3n) is 4.93. The lowest BCUT2D eigenvalue weighted by Gasteiger charge is -2.12. The first-order chi connectivity index (χ1) is 14.3. The molecule has 0 saturated heterocycles. The van der Waals surface area contributed by atoms with Gasteiger partial charge in [-0.25, -0.2) is 9.78 Å². The van der Waals surface area contributed by atoms with E-state index in [0.29, 0.717) is 17.2 Å². The summed E-state index contributed by atoms with van der Waals surface area (Å²) >= 11 is 1.30. The number of nitrogens with zero attached hydrogens (tertiary/aromatic N) is 2. The summed E-state index contributed by atoms with van der Waals surface area (Å²) in [5, 5.41) is 5.21. The average molecular weight is 424 g/mol. The molecule has 0 fully saturated rings.